The molecule has 1 aromatic rings. The molecule has 0 atom stereocenters. The second kappa shape index (κ2) is 11.3. The molecule has 1 aromatic carbocycles. The van der Waals surface area contributed by atoms with Gasteiger partial charge in [-0.15, -0.1) is 0 Å². The van der Waals surface area contributed by atoms with Crippen LogP contribution in [0.2, 0.25) is 0 Å². The third-order valence-corrected chi connectivity index (χ3v) is 5.88. The zero-order chi connectivity index (χ0) is 21.2. The maximum absolute atomic E-state index is 13.3. The predicted molar refractivity (Wildman–Crippen MR) is 117 cm³/mol. The van der Waals surface area contributed by atoms with E-state index in [1.54, 1.807) is 12.1 Å². The minimum atomic E-state index is -0.382. The summed E-state index contributed by atoms with van der Waals surface area (Å²) in [6.07, 6.45) is 6.10. The Morgan fingerprint density at radius 2 is 1.97 bits per heavy atom. The van der Waals surface area contributed by atoms with E-state index in [9.17, 15) is 9.18 Å². The quantitative estimate of drug-likeness (QED) is 0.467. The summed E-state index contributed by atoms with van der Waals surface area (Å²) in [5, 5.41) is 9.38. The van der Waals surface area contributed by atoms with Crippen LogP contribution in [-0.4, -0.2) is 68.2 Å². The Hall–Kier alpha value is -2.19. The van der Waals surface area contributed by atoms with Gasteiger partial charge in [0, 0.05) is 37.4 Å². The standard InChI is InChI=1S/C22H34FN5O2/c1-2-24-21(25-16-20(29)27-19-8-6-7-18(23)15-19)26-17-22(9-4-3-5-10-22)28-11-13-30-14-12-28/h6-8,15H,2-5,9-14,16-17H2,1H3,(H,27,29)(H2,24,25,26). The number of rotatable bonds is 7. The summed E-state index contributed by atoms with van der Waals surface area (Å²) < 4.78 is 18.8. The van der Waals surface area contributed by atoms with Crippen molar-refractivity contribution in [2.75, 3.05) is 51.3 Å². The van der Waals surface area contributed by atoms with Crippen LogP contribution in [-0.2, 0) is 9.53 Å². The highest BCUT2D eigenvalue weighted by atomic mass is 19.1. The summed E-state index contributed by atoms with van der Waals surface area (Å²) in [4.78, 5) is 19.2. The first kappa shape index (κ1) is 22.5. The molecule has 1 aliphatic heterocycles. The van der Waals surface area contributed by atoms with E-state index in [1.165, 1.54) is 44.2 Å². The highest BCUT2D eigenvalue weighted by Gasteiger charge is 2.38. The van der Waals surface area contributed by atoms with Crippen LogP contribution in [0.4, 0.5) is 10.1 Å². The number of aliphatic imine (C=N–C) groups is 1. The highest BCUT2D eigenvalue weighted by Crippen LogP contribution is 2.33. The van der Waals surface area contributed by atoms with E-state index in [0.29, 0.717) is 18.2 Å². The molecule has 0 spiro atoms. The Labute approximate surface area is 178 Å². The van der Waals surface area contributed by atoms with Gasteiger partial charge in [0.25, 0.3) is 0 Å². The molecule has 0 unspecified atom stereocenters. The first-order valence-electron chi connectivity index (χ1n) is 11.0. The number of morpholine rings is 1. The molecule has 1 saturated carbocycles. The fraction of sp³-hybridized carbons (Fsp3) is 0.636. The molecule has 3 rings (SSSR count). The highest BCUT2D eigenvalue weighted by molar-refractivity contribution is 5.94. The third-order valence-electron chi connectivity index (χ3n) is 5.88. The van der Waals surface area contributed by atoms with Gasteiger partial charge in [-0.1, -0.05) is 25.3 Å². The molecule has 8 heteroatoms. The Kier molecular flexibility index (Phi) is 8.45. The predicted octanol–water partition coefficient (Wildman–Crippen LogP) is 2.35. The minimum Gasteiger partial charge on any atom is -0.379 e. The van der Waals surface area contributed by atoms with Gasteiger partial charge in [-0.05, 0) is 38.0 Å². The fourth-order valence-electron chi connectivity index (χ4n) is 4.36. The zero-order valence-corrected chi connectivity index (χ0v) is 17.9. The number of benzene rings is 1. The van der Waals surface area contributed by atoms with Gasteiger partial charge in [0.1, 0.15) is 12.4 Å². The average Bonchev–Trinajstić information content (AvgIpc) is 2.77. The van der Waals surface area contributed by atoms with Crippen molar-refractivity contribution in [1.82, 2.24) is 15.5 Å². The fourth-order valence-corrected chi connectivity index (χ4v) is 4.36. The molecule has 0 bridgehead atoms. The molecule has 1 aliphatic carbocycles. The van der Waals surface area contributed by atoms with Crippen molar-refractivity contribution in [3.8, 4) is 0 Å². The van der Waals surface area contributed by atoms with Crippen LogP contribution in [0, 0.1) is 5.82 Å². The number of halogens is 1. The monoisotopic (exact) mass is 419 g/mol. The van der Waals surface area contributed by atoms with Crippen molar-refractivity contribution in [3.63, 3.8) is 0 Å². The molecule has 0 aromatic heterocycles. The largest absolute Gasteiger partial charge is 0.379 e. The number of nitrogens with one attached hydrogen (secondary N) is 3. The lowest BCUT2D eigenvalue weighted by molar-refractivity contribution is -0.114. The van der Waals surface area contributed by atoms with Crippen LogP contribution in [0.3, 0.4) is 0 Å². The lowest BCUT2D eigenvalue weighted by Gasteiger charge is -2.48. The molecular formula is C22H34FN5O2. The second-order valence-electron chi connectivity index (χ2n) is 7.99. The van der Waals surface area contributed by atoms with E-state index in [-0.39, 0.29) is 23.8 Å². The van der Waals surface area contributed by atoms with Gasteiger partial charge in [-0.25, -0.2) is 9.38 Å². The molecule has 7 nitrogen and oxygen atoms in total. The number of guanidine groups is 1. The second-order valence-corrected chi connectivity index (χ2v) is 7.99. The van der Waals surface area contributed by atoms with Crippen molar-refractivity contribution >= 4 is 17.6 Å². The summed E-state index contributed by atoms with van der Waals surface area (Å²) in [5.74, 6) is -0.0318. The van der Waals surface area contributed by atoms with Crippen LogP contribution < -0.4 is 16.0 Å². The van der Waals surface area contributed by atoms with Gasteiger partial charge in [-0.3, -0.25) is 9.69 Å². The molecule has 30 heavy (non-hydrogen) atoms. The maximum Gasteiger partial charge on any atom is 0.246 e. The van der Waals surface area contributed by atoms with E-state index >= 15 is 0 Å². The summed E-state index contributed by atoms with van der Waals surface area (Å²) in [6.45, 7) is 6.98. The van der Waals surface area contributed by atoms with E-state index in [2.05, 4.69) is 25.8 Å². The Morgan fingerprint density at radius 1 is 1.20 bits per heavy atom. The van der Waals surface area contributed by atoms with E-state index in [4.69, 9.17) is 4.74 Å². The number of anilines is 1. The smallest absolute Gasteiger partial charge is 0.246 e. The topological polar surface area (TPSA) is 78.0 Å². The lowest BCUT2D eigenvalue weighted by atomic mass is 9.80. The molecule has 1 heterocycles. The maximum atomic E-state index is 13.3. The summed E-state index contributed by atoms with van der Waals surface area (Å²) >= 11 is 0. The Morgan fingerprint density at radius 3 is 2.67 bits per heavy atom. The van der Waals surface area contributed by atoms with Gasteiger partial charge in [0.2, 0.25) is 5.91 Å². The van der Waals surface area contributed by atoms with E-state index < -0.39 is 0 Å². The minimum absolute atomic E-state index is 0.0313. The van der Waals surface area contributed by atoms with Gasteiger partial charge in [0.05, 0.1) is 13.2 Å². The number of amides is 1. The number of nitrogens with zero attached hydrogens (tertiary/aromatic N) is 2. The first-order valence-corrected chi connectivity index (χ1v) is 11.0. The van der Waals surface area contributed by atoms with Crippen molar-refractivity contribution < 1.29 is 13.9 Å². The van der Waals surface area contributed by atoms with Gasteiger partial charge >= 0.3 is 0 Å². The first-order chi connectivity index (χ1) is 14.6. The van der Waals surface area contributed by atoms with Gasteiger partial charge in [0.15, 0.2) is 5.96 Å². The molecule has 0 radical (unpaired) electrons. The van der Waals surface area contributed by atoms with Crippen LogP contribution in [0.25, 0.3) is 0 Å². The van der Waals surface area contributed by atoms with Crippen LogP contribution in [0.1, 0.15) is 39.0 Å². The molecule has 1 saturated heterocycles. The summed E-state index contributed by atoms with van der Waals surface area (Å²) in [6, 6.07) is 5.86. The number of ether oxygens (including phenoxy) is 1. The lowest BCUT2D eigenvalue weighted by Crippen LogP contribution is -2.60. The summed E-state index contributed by atoms with van der Waals surface area (Å²) in [5.41, 5.74) is 0.545. The molecule has 3 N–H and O–H groups in total. The third kappa shape index (κ3) is 6.40. The van der Waals surface area contributed by atoms with E-state index in [1.807, 2.05) is 6.92 Å². The van der Waals surface area contributed by atoms with Crippen LogP contribution in [0.15, 0.2) is 29.3 Å². The Balaban J connectivity index is 1.59. The molecule has 1 amide bonds. The number of hydrogen-bond donors (Lipinski definition) is 3. The van der Waals surface area contributed by atoms with Crippen molar-refractivity contribution in [2.24, 2.45) is 4.99 Å². The molecule has 2 fully saturated rings. The number of hydrogen-bond acceptors (Lipinski definition) is 4. The Bertz CT molecular complexity index is 715. The average molecular weight is 420 g/mol. The van der Waals surface area contributed by atoms with Crippen molar-refractivity contribution in [1.29, 1.82) is 0 Å². The van der Waals surface area contributed by atoms with Crippen molar-refractivity contribution in [3.05, 3.63) is 30.1 Å². The molecular weight excluding hydrogens is 385 g/mol. The zero-order valence-electron chi connectivity index (χ0n) is 17.9. The van der Waals surface area contributed by atoms with Gasteiger partial charge < -0.3 is 20.7 Å². The normalized spacial score (nSPS) is 19.9. The number of carbonyl (C=O) groups excluding carboxylic acids is 1. The van der Waals surface area contributed by atoms with E-state index in [0.717, 1.165) is 32.8 Å². The summed E-state index contributed by atoms with van der Waals surface area (Å²) in [7, 11) is 0. The molecule has 2 aliphatic rings. The van der Waals surface area contributed by atoms with Crippen LogP contribution >= 0.6 is 0 Å². The van der Waals surface area contributed by atoms with Crippen molar-refractivity contribution in [2.45, 2.75) is 44.6 Å². The molecule has 166 valence electrons. The van der Waals surface area contributed by atoms with Gasteiger partial charge in [-0.2, -0.15) is 0 Å². The van der Waals surface area contributed by atoms with Crippen LogP contribution in [0.5, 0.6) is 0 Å². The number of carbonyl (C=O) groups is 1. The SMILES string of the molecule is CCNC(=NCC(=O)Nc1cccc(F)c1)NCC1(N2CCOCC2)CCCCC1.